The first-order valence-corrected chi connectivity index (χ1v) is 8.16. The summed E-state index contributed by atoms with van der Waals surface area (Å²) in [5.74, 6) is 0. The zero-order valence-electron chi connectivity index (χ0n) is 13.9. The number of ether oxygens (including phenoxy) is 1. The van der Waals surface area contributed by atoms with E-state index in [0.717, 1.165) is 17.5 Å². The van der Waals surface area contributed by atoms with E-state index in [0.29, 0.717) is 18.2 Å². The van der Waals surface area contributed by atoms with Crippen LogP contribution in [0.25, 0.3) is 0 Å². The molecule has 24 heavy (non-hydrogen) atoms. The first kappa shape index (κ1) is 18.2. The monoisotopic (exact) mass is 347 g/mol. The van der Waals surface area contributed by atoms with Gasteiger partial charge in [0, 0.05) is 44.7 Å². The third-order valence-electron chi connectivity index (χ3n) is 3.70. The van der Waals surface area contributed by atoms with Crippen molar-refractivity contribution in [2.75, 3.05) is 27.3 Å². The van der Waals surface area contributed by atoms with Crippen molar-refractivity contribution < 1.29 is 9.53 Å². The van der Waals surface area contributed by atoms with Crippen molar-refractivity contribution in [1.82, 2.24) is 15.2 Å². The van der Waals surface area contributed by atoms with E-state index >= 15 is 0 Å². The quantitative estimate of drug-likeness (QED) is 0.780. The summed E-state index contributed by atoms with van der Waals surface area (Å²) < 4.78 is 5.00. The van der Waals surface area contributed by atoms with Crippen LogP contribution in [-0.4, -0.2) is 43.2 Å². The van der Waals surface area contributed by atoms with Crippen LogP contribution >= 0.6 is 11.6 Å². The van der Waals surface area contributed by atoms with Gasteiger partial charge < -0.3 is 15.0 Å². The van der Waals surface area contributed by atoms with E-state index in [-0.39, 0.29) is 12.1 Å². The number of benzene rings is 1. The number of urea groups is 1. The lowest BCUT2D eigenvalue weighted by Gasteiger charge is -2.29. The molecule has 2 amide bonds. The Kier molecular flexibility index (Phi) is 7.03. The van der Waals surface area contributed by atoms with E-state index in [1.807, 2.05) is 36.4 Å². The molecular formula is C18H22ClN3O2. The SMILES string of the molecule is COCCCNC(=O)N(C)[C@@H](c1ccc(Cl)cc1)c1cccnc1. The van der Waals surface area contributed by atoms with Gasteiger partial charge in [-0.2, -0.15) is 0 Å². The molecule has 0 radical (unpaired) electrons. The molecule has 0 aliphatic rings. The Morgan fingerprint density at radius 3 is 2.67 bits per heavy atom. The van der Waals surface area contributed by atoms with Gasteiger partial charge in [0.25, 0.3) is 0 Å². The van der Waals surface area contributed by atoms with Crippen molar-refractivity contribution in [3.63, 3.8) is 0 Å². The molecule has 5 nitrogen and oxygen atoms in total. The lowest BCUT2D eigenvalue weighted by Crippen LogP contribution is -2.40. The highest BCUT2D eigenvalue weighted by molar-refractivity contribution is 6.30. The summed E-state index contributed by atoms with van der Waals surface area (Å²) in [4.78, 5) is 18.3. The summed E-state index contributed by atoms with van der Waals surface area (Å²) >= 11 is 5.99. The summed E-state index contributed by atoms with van der Waals surface area (Å²) in [6, 6.07) is 10.9. The largest absolute Gasteiger partial charge is 0.385 e. The smallest absolute Gasteiger partial charge is 0.317 e. The Bertz CT molecular complexity index is 634. The second-order valence-electron chi connectivity index (χ2n) is 5.43. The van der Waals surface area contributed by atoms with E-state index in [2.05, 4.69) is 10.3 Å². The molecule has 1 aromatic carbocycles. The summed E-state index contributed by atoms with van der Waals surface area (Å²) in [7, 11) is 3.42. The zero-order chi connectivity index (χ0) is 17.4. The van der Waals surface area contributed by atoms with E-state index in [4.69, 9.17) is 16.3 Å². The summed E-state index contributed by atoms with van der Waals surface area (Å²) in [6.07, 6.45) is 4.26. The summed E-state index contributed by atoms with van der Waals surface area (Å²) in [5.41, 5.74) is 1.91. The number of halogens is 1. The number of nitrogens with one attached hydrogen (secondary N) is 1. The lowest BCUT2D eigenvalue weighted by atomic mass is 9.99. The maximum atomic E-state index is 12.5. The van der Waals surface area contributed by atoms with Gasteiger partial charge in [-0.15, -0.1) is 0 Å². The van der Waals surface area contributed by atoms with E-state index in [9.17, 15) is 4.79 Å². The number of carbonyl (C=O) groups excluding carboxylic acids is 1. The number of amides is 2. The fourth-order valence-corrected chi connectivity index (χ4v) is 2.60. The van der Waals surface area contributed by atoms with Gasteiger partial charge in [-0.3, -0.25) is 4.98 Å². The average Bonchev–Trinajstić information content (AvgIpc) is 2.61. The third kappa shape index (κ3) is 4.94. The maximum absolute atomic E-state index is 12.5. The molecule has 2 aromatic rings. The summed E-state index contributed by atoms with van der Waals surface area (Å²) in [6.45, 7) is 1.19. The predicted molar refractivity (Wildman–Crippen MR) is 95.2 cm³/mol. The Morgan fingerprint density at radius 2 is 2.04 bits per heavy atom. The Balaban J connectivity index is 2.19. The van der Waals surface area contributed by atoms with Gasteiger partial charge in [-0.1, -0.05) is 29.8 Å². The molecule has 1 N–H and O–H groups in total. The molecule has 0 bridgehead atoms. The van der Waals surface area contributed by atoms with Crippen molar-refractivity contribution in [2.45, 2.75) is 12.5 Å². The van der Waals surface area contributed by atoms with Crippen molar-refractivity contribution >= 4 is 17.6 Å². The highest BCUT2D eigenvalue weighted by Gasteiger charge is 2.23. The minimum Gasteiger partial charge on any atom is -0.385 e. The van der Waals surface area contributed by atoms with Crippen LogP contribution < -0.4 is 5.32 Å². The first-order chi connectivity index (χ1) is 11.6. The predicted octanol–water partition coefficient (Wildman–Crippen LogP) is 3.50. The number of hydrogen-bond donors (Lipinski definition) is 1. The number of carbonyl (C=O) groups is 1. The van der Waals surface area contributed by atoms with Crippen LogP contribution in [0, 0.1) is 0 Å². The topological polar surface area (TPSA) is 54.5 Å². The molecule has 0 unspecified atom stereocenters. The Hall–Kier alpha value is -2.11. The van der Waals surface area contributed by atoms with Crippen molar-refractivity contribution in [2.24, 2.45) is 0 Å². The number of methoxy groups -OCH3 is 1. The van der Waals surface area contributed by atoms with E-state index in [1.54, 1.807) is 31.5 Å². The highest BCUT2D eigenvalue weighted by Crippen LogP contribution is 2.28. The normalized spacial score (nSPS) is 11.8. The molecule has 2 rings (SSSR count). The fraction of sp³-hybridized carbons (Fsp3) is 0.333. The third-order valence-corrected chi connectivity index (χ3v) is 3.95. The van der Waals surface area contributed by atoms with Crippen molar-refractivity contribution in [3.05, 3.63) is 64.9 Å². The van der Waals surface area contributed by atoms with Gasteiger partial charge in [-0.25, -0.2) is 4.79 Å². The molecule has 0 saturated carbocycles. The standard InChI is InChI=1S/C18H22ClN3O2/c1-22(18(23)21-11-4-12-24-2)17(15-5-3-10-20-13-15)14-6-8-16(19)9-7-14/h3,5-10,13,17H,4,11-12H2,1-2H3,(H,21,23)/t17-/m0/s1. The van der Waals surface area contributed by atoms with Gasteiger partial charge in [0.1, 0.15) is 0 Å². The van der Waals surface area contributed by atoms with Crippen molar-refractivity contribution in [1.29, 1.82) is 0 Å². The minimum absolute atomic E-state index is 0.144. The van der Waals surface area contributed by atoms with Crippen LogP contribution in [0.15, 0.2) is 48.8 Å². The van der Waals surface area contributed by atoms with Gasteiger partial charge in [-0.05, 0) is 35.7 Å². The van der Waals surface area contributed by atoms with Crippen LogP contribution in [-0.2, 0) is 4.74 Å². The van der Waals surface area contributed by atoms with Crippen LogP contribution in [0.2, 0.25) is 5.02 Å². The highest BCUT2D eigenvalue weighted by atomic mass is 35.5. The molecule has 1 atom stereocenters. The van der Waals surface area contributed by atoms with Gasteiger partial charge in [0.05, 0.1) is 6.04 Å². The second kappa shape index (κ2) is 9.25. The first-order valence-electron chi connectivity index (χ1n) is 7.78. The van der Waals surface area contributed by atoms with Crippen LogP contribution in [0.5, 0.6) is 0 Å². The number of rotatable bonds is 7. The fourth-order valence-electron chi connectivity index (χ4n) is 2.48. The van der Waals surface area contributed by atoms with Crippen LogP contribution in [0.4, 0.5) is 4.79 Å². The van der Waals surface area contributed by atoms with Crippen LogP contribution in [0.3, 0.4) is 0 Å². The molecule has 0 aliphatic carbocycles. The van der Waals surface area contributed by atoms with Crippen molar-refractivity contribution in [3.8, 4) is 0 Å². The lowest BCUT2D eigenvalue weighted by molar-refractivity contribution is 0.185. The minimum atomic E-state index is -0.238. The molecule has 0 spiro atoms. The van der Waals surface area contributed by atoms with Gasteiger partial charge >= 0.3 is 6.03 Å². The molecule has 0 aliphatic heterocycles. The Labute approximate surface area is 147 Å². The number of nitrogens with zero attached hydrogens (tertiary/aromatic N) is 2. The number of aromatic nitrogens is 1. The molecule has 6 heteroatoms. The van der Waals surface area contributed by atoms with E-state index in [1.165, 1.54) is 0 Å². The number of pyridine rings is 1. The molecule has 1 heterocycles. The second-order valence-corrected chi connectivity index (χ2v) is 5.87. The molecular weight excluding hydrogens is 326 g/mol. The average molecular weight is 348 g/mol. The van der Waals surface area contributed by atoms with E-state index < -0.39 is 0 Å². The molecule has 0 fully saturated rings. The molecule has 1 aromatic heterocycles. The maximum Gasteiger partial charge on any atom is 0.317 e. The Morgan fingerprint density at radius 1 is 1.29 bits per heavy atom. The van der Waals surface area contributed by atoms with Gasteiger partial charge in [0.15, 0.2) is 0 Å². The summed E-state index contributed by atoms with van der Waals surface area (Å²) in [5, 5.41) is 3.57. The number of hydrogen-bond acceptors (Lipinski definition) is 3. The van der Waals surface area contributed by atoms with Gasteiger partial charge in [0.2, 0.25) is 0 Å². The zero-order valence-corrected chi connectivity index (χ0v) is 14.7. The van der Waals surface area contributed by atoms with Crippen LogP contribution in [0.1, 0.15) is 23.6 Å². The molecule has 128 valence electrons. The molecule has 0 saturated heterocycles.